The van der Waals surface area contributed by atoms with E-state index < -0.39 is 28.5 Å². The summed E-state index contributed by atoms with van der Waals surface area (Å²) in [5, 5.41) is 3.35. The monoisotopic (exact) mass is 571 g/mol. The Morgan fingerprint density at radius 2 is 1.71 bits per heavy atom. The summed E-state index contributed by atoms with van der Waals surface area (Å²) in [7, 11) is -3.79. The molecule has 2 aromatic rings. The summed E-state index contributed by atoms with van der Waals surface area (Å²) >= 11 is 9.71. The van der Waals surface area contributed by atoms with Crippen molar-refractivity contribution < 1.29 is 18.0 Å². The van der Waals surface area contributed by atoms with Crippen molar-refractivity contribution in [1.29, 1.82) is 0 Å². The Morgan fingerprint density at radius 1 is 1.09 bits per heavy atom. The van der Waals surface area contributed by atoms with Crippen molar-refractivity contribution in [2.24, 2.45) is 5.92 Å². The third-order valence-corrected chi connectivity index (χ3v) is 7.34. The van der Waals surface area contributed by atoms with E-state index in [0.717, 1.165) is 10.6 Å². The average molecular weight is 573 g/mol. The zero-order valence-corrected chi connectivity index (χ0v) is 23.0. The average Bonchev–Trinajstić information content (AvgIpc) is 2.76. The van der Waals surface area contributed by atoms with Crippen LogP contribution in [0.25, 0.3) is 0 Å². The fraction of sp³-hybridized carbons (Fsp3) is 0.417. The van der Waals surface area contributed by atoms with Crippen molar-refractivity contribution in [2.45, 2.75) is 39.8 Å². The molecule has 10 heteroatoms. The fourth-order valence-corrected chi connectivity index (χ4v) is 5.07. The summed E-state index contributed by atoms with van der Waals surface area (Å²) in [6.45, 7) is 5.86. The predicted molar refractivity (Wildman–Crippen MR) is 140 cm³/mol. The summed E-state index contributed by atoms with van der Waals surface area (Å²) in [6, 6.07) is 13.0. The maximum absolute atomic E-state index is 13.6. The van der Waals surface area contributed by atoms with Crippen LogP contribution in [-0.2, 0) is 26.2 Å². The topological polar surface area (TPSA) is 86.8 Å². The summed E-state index contributed by atoms with van der Waals surface area (Å²) in [5.74, 6) is -0.554. The van der Waals surface area contributed by atoms with Crippen molar-refractivity contribution in [3.63, 3.8) is 0 Å². The van der Waals surface area contributed by atoms with Crippen molar-refractivity contribution in [1.82, 2.24) is 10.2 Å². The Kier molecular flexibility index (Phi) is 10.4. The molecule has 0 spiro atoms. The van der Waals surface area contributed by atoms with Crippen molar-refractivity contribution >= 4 is 55.1 Å². The zero-order valence-electron chi connectivity index (χ0n) is 19.8. The van der Waals surface area contributed by atoms with Gasteiger partial charge in [0.05, 0.1) is 11.9 Å². The lowest BCUT2D eigenvalue weighted by atomic mass is 10.1. The molecule has 2 aromatic carbocycles. The maximum Gasteiger partial charge on any atom is 0.244 e. The summed E-state index contributed by atoms with van der Waals surface area (Å²) in [5.41, 5.74) is 1.01. The van der Waals surface area contributed by atoms with Gasteiger partial charge < -0.3 is 10.2 Å². The number of carbonyl (C=O) groups is 2. The second kappa shape index (κ2) is 12.6. The molecule has 0 aliphatic carbocycles. The molecule has 7 nitrogen and oxygen atoms in total. The second-order valence-electron chi connectivity index (χ2n) is 8.40. The van der Waals surface area contributed by atoms with Crippen LogP contribution < -0.4 is 9.62 Å². The second-order valence-corrected chi connectivity index (χ2v) is 11.6. The molecule has 1 atom stereocenters. The summed E-state index contributed by atoms with van der Waals surface area (Å²) < 4.78 is 26.9. The van der Waals surface area contributed by atoms with Crippen LogP contribution in [0.4, 0.5) is 5.69 Å². The van der Waals surface area contributed by atoms with Crippen LogP contribution in [0, 0.1) is 5.92 Å². The number of nitrogens with one attached hydrogen (secondary N) is 1. The minimum Gasteiger partial charge on any atom is -0.354 e. The molecule has 0 aliphatic rings. The molecule has 34 heavy (non-hydrogen) atoms. The van der Waals surface area contributed by atoms with Gasteiger partial charge in [0.2, 0.25) is 21.8 Å². The van der Waals surface area contributed by atoms with Crippen LogP contribution in [0.3, 0.4) is 0 Å². The van der Waals surface area contributed by atoms with E-state index in [-0.39, 0.29) is 18.4 Å². The van der Waals surface area contributed by atoms with Crippen LogP contribution in [0.5, 0.6) is 0 Å². The minimum absolute atomic E-state index is 0.0691. The standard InChI is InChI=1S/C24H31BrClN3O4S/c1-5-21(24(31)27-14-17(2)3)28(15-18-10-6-8-12-20(18)26)23(30)16-29(34(4,32)33)22-13-9-7-11-19(22)25/h6-13,17,21H,5,14-16H2,1-4H3,(H,27,31)/t21-/m1/s1. The quantitative estimate of drug-likeness (QED) is 0.431. The Morgan fingerprint density at radius 3 is 2.26 bits per heavy atom. The number of hydrogen-bond donors (Lipinski definition) is 1. The van der Waals surface area contributed by atoms with E-state index in [4.69, 9.17) is 11.6 Å². The van der Waals surface area contributed by atoms with Gasteiger partial charge in [0.1, 0.15) is 12.6 Å². The van der Waals surface area contributed by atoms with Gasteiger partial charge >= 0.3 is 0 Å². The number of nitrogens with zero attached hydrogens (tertiary/aromatic N) is 2. The third kappa shape index (κ3) is 7.71. The lowest BCUT2D eigenvalue weighted by molar-refractivity contribution is -0.140. The van der Waals surface area contributed by atoms with Gasteiger partial charge in [-0.05, 0) is 52.0 Å². The highest BCUT2D eigenvalue weighted by Gasteiger charge is 2.32. The van der Waals surface area contributed by atoms with Crippen LogP contribution >= 0.6 is 27.5 Å². The van der Waals surface area contributed by atoms with Gasteiger partial charge in [-0.15, -0.1) is 0 Å². The van der Waals surface area contributed by atoms with Crippen LogP contribution in [0.1, 0.15) is 32.8 Å². The van der Waals surface area contributed by atoms with Crippen molar-refractivity contribution in [3.8, 4) is 0 Å². The largest absolute Gasteiger partial charge is 0.354 e. The Labute approximate surface area is 215 Å². The molecular formula is C24H31BrClN3O4S. The number of carbonyl (C=O) groups excluding carboxylic acids is 2. The van der Waals surface area contributed by atoms with E-state index in [1.807, 2.05) is 20.8 Å². The maximum atomic E-state index is 13.6. The molecule has 2 rings (SSSR count). The first-order chi connectivity index (χ1) is 16.0. The zero-order chi connectivity index (χ0) is 25.5. The van der Waals surface area contributed by atoms with Gasteiger partial charge in [0.15, 0.2) is 0 Å². The molecule has 0 saturated heterocycles. The van der Waals surface area contributed by atoms with Crippen molar-refractivity contribution in [2.75, 3.05) is 23.7 Å². The minimum atomic E-state index is -3.79. The number of para-hydroxylation sites is 1. The molecule has 0 aromatic heterocycles. The Balaban J connectivity index is 2.45. The highest BCUT2D eigenvalue weighted by Crippen LogP contribution is 2.28. The van der Waals surface area contributed by atoms with Crippen LogP contribution in [-0.4, -0.2) is 50.5 Å². The normalized spacial score (nSPS) is 12.3. The lowest BCUT2D eigenvalue weighted by Gasteiger charge is -2.33. The number of halogens is 2. The van der Waals surface area contributed by atoms with Gasteiger partial charge in [-0.25, -0.2) is 8.42 Å². The smallest absolute Gasteiger partial charge is 0.244 e. The summed E-state index contributed by atoms with van der Waals surface area (Å²) in [4.78, 5) is 28.1. The highest BCUT2D eigenvalue weighted by atomic mass is 79.9. The molecule has 0 bridgehead atoms. The number of rotatable bonds is 11. The van der Waals surface area contributed by atoms with E-state index >= 15 is 0 Å². The van der Waals surface area contributed by atoms with Crippen LogP contribution in [0.2, 0.25) is 5.02 Å². The van der Waals surface area contributed by atoms with Gasteiger partial charge in [-0.2, -0.15) is 0 Å². The van der Waals surface area contributed by atoms with Crippen molar-refractivity contribution in [3.05, 3.63) is 63.6 Å². The van der Waals surface area contributed by atoms with Gasteiger partial charge in [0, 0.05) is 22.6 Å². The SMILES string of the molecule is CC[C@H](C(=O)NCC(C)C)N(Cc1ccccc1Cl)C(=O)CN(c1ccccc1Br)S(C)(=O)=O. The Bertz CT molecular complexity index is 1110. The first-order valence-corrected chi connectivity index (χ1v) is 14.0. The first kappa shape index (κ1) is 28.1. The van der Waals surface area contributed by atoms with E-state index in [1.54, 1.807) is 48.5 Å². The van der Waals surface area contributed by atoms with E-state index in [1.165, 1.54) is 4.90 Å². The highest BCUT2D eigenvalue weighted by molar-refractivity contribution is 9.10. The predicted octanol–water partition coefficient (Wildman–Crippen LogP) is 4.45. The number of amides is 2. The fourth-order valence-electron chi connectivity index (χ4n) is 3.40. The summed E-state index contributed by atoms with van der Waals surface area (Å²) in [6.07, 6.45) is 1.40. The van der Waals surface area contributed by atoms with Gasteiger partial charge in [0.25, 0.3) is 0 Å². The molecule has 0 unspecified atom stereocenters. The van der Waals surface area contributed by atoms with Crippen LogP contribution in [0.15, 0.2) is 53.0 Å². The Hall–Kier alpha value is -2.10. The van der Waals surface area contributed by atoms with E-state index in [0.29, 0.717) is 33.7 Å². The first-order valence-electron chi connectivity index (χ1n) is 11.0. The van der Waals surface area contributed by atoms with E-state index in [2.05, 4.69) is 21.2 Å². The van der Waals surface area contributed by atoms with E-state index in [9.17, 15) is 18.0 Å². The number of anilines is 1. The molecule has 0 saturated carbocycles. The van der Waals surface area contributed by atoms with Gasteiger partial charge in [-0.3, -0.25) is 13.9 Å². The molecule has 1 N–H and O–H groups in total. The number of benzene rings is 2. The third-order valence-electron chi connectivity index (χ3n) is 5.17. The lowest BCUT2D eigenvalue weighted by Crippen LogP contribution is -2.52. The molecule has 0 fully saturated rings. The van der Waals surface area contributed by atoms with Gasteiger partial charge in [-0.1, -0.05) is 62.7 Å². The molecule has 2 amide bonds. The molecule has 186 valence electrons. The molecule has 0 aliphatic heterocycles. The molecular weight excluding hydrogens is 542 g/mol. The number of hydrogen-bond acceptors (Lipinski definition) is 4. The number of sulfonamides is 1. The molecule has 0 heterocycles. The molecule has 0 radical (unpaired) electrons.